The molecule has 0 spiro atoms. The van der Waals surface area contributed by atoms with Crippen LogP contribution in [0.4, 0.5) is 0 Å². The summed E-state index contributed by atoms with van der Waals surface area (Å²) in [6.45, 7) is 0.701. The van der Waals surface area contributed by atoms with Gasteiger partial charge in [0.2, 0.25) is 0 Å². The Morgan fingerprint density at radius 2 is 1.79 bits per heavy atom. The molecule has 0 radical (unpaired) electrons. The first-order valence-corrected chi connectivity index (χ1v) is 12.2. The number of rotatable bonds is 7. The highest BCUT2D eigenvalue weighted by atomic mass is 16.5. The topological polar surface area (TPSA) is 77.4 Å². The molecular formula is C27H34N2O4. The van der Waals surface area contributed by atoms with Crippen LogP contribution in [0.3, 0.4) is 0 Å². The molecule has 1 fully saturated rings. The van der Waals surface area contributed by atoms with Crippen LogP contribution < -0.4 is 10.9 Å². The van der Waals surface area contributed by atoms with Crippen LogP contribution in [0.2, 0.25) is 0 Å². The van der Waals surface area contributed by atoms with E-state index in [1.54, 1.807) is 6.07 Å². The lowest BCUT2D eigenvalue weighted by molar-refractivity contribution is -0.141. The molecular weight excluding hydrogens is 416 g/mol. The second kappa shape index (κ2) is 10.8. The largest absolute Gasteiger partial charge is 0.469 e. The van der Waals surface area contributed by atoms with Crippen molar-refractivity contribution < 1.29 is 14.3 Å². The molecule has 6 heteroatoms. The van der Waals surface area contributed by atoms with Gasteiger partial charge >= 0.3 is 5.97 Å². The Bertz CT molecular complexity index is 1040. The number of methoxy groups -OCH3 is 1. The van der Waals surface area contributed by atoms with Gasteiger partial charge < -0.3 is 14.6 Å². The molecule has 1 amide bonds. The van der Waals surface area contributed by atoms with Crippen LogP contribution in [0.25, 0.3) is 0 Å². The molecule has 1 heterocycles. The van der Waals surface area contributed by atoms with Crippen LogP contribution in [0.15, 0.2) is 41.2 Å². The van der Waals surface area contributed by atoms with Gasteiger partial charge in [0.25, 0.3) is 11.5 Å². The molecule has 4 rings (SSSR count). The van der Waals surface area contributed by atoms with Crippen molar-refractivity contribution >= 4 is 11.9 Å². The lowest BCUT2D eigenvalue weighted by Crippen LogP contribution is -2.39. The number of pyridine rings is 1. The summed E-state index contributed by atoms with van der Waals surface area (Å²) in [6, 6.07) is 10.6. The highest BCUT2D eigenvalue weighted by Gasteiger charge is 2.26. The van der Waals surface area contributed by atoms with Gasteiger partial charge in [0.15, 0.2) is 0 Å². The van der Waals surface area contributed by atoms with Gasteiger partial charge in [0.05, 0.1) is 19.6 Å². The average Bonchev–Trinajstić information content (AvgIpc) is 2.86. The number of aromatic nitrogens is 1. The van der Waals surface area contributed by atoms with Gasteiger partial charge in [-0.1, -0.05) is 49.6 Å². The lowest BCUT2D eigenvalue weighted by atomic mass is 9.88. The molecule has 1 saturated carbocycles. The maximum Gasteiger partial charge on any atom is 0.307 e. The normalized spacial score (nSPS) is 17.1. The van der Waals surface area contributed by atoms with Gasteiger partial charge in [-0.15, -0.1) is 0 Å². The fraction of sp³-hybridized carbons (Fsp3) is 0.519. The van der Waals surface area contributed by atoms with Crippen LogP contribution in [0.5, 0.6) is 0 Å². The molecule has 1 aromatic heterocycles. The Kier molecular flexibility index (Phi) is 7.63. The van der Waals surface area contributed by atoms with Crippen molar-refractivity contribution in [2.24, 2.45) is 5.92 Å². The molecule has 2 aliphatic carbocycles. The molecule has 2 aromatic rings. The number of benzene rings is 1. The second-order valence-corrected chi connectivity index (χ2v) is 9.37. The number of aryl methyl sites for hydroxylation is 1. The molecule has 0 saturated heterocycles. The smallest absolute Gasteiger partial charge is 0.307 e. The molecule has 176 valence electrons. The first-order chi connectivity index (χ1) is 16.1. The molecule has 1 aromatic carbocycles. The number of nitrogens with zero attached hydrogens (tertiary/aromatic N) is 1. The fourth-order valence-electron chi connectivity index (χ4n) is 5.29. The summed E-state index contributed by atoms with van der Waals surface area (Å²) in [4.78, 5) is 38.9. The summed E-state index contributed by atoms with van der Waals surface area (Å²) in [7, 11) is 1.33. The van der Waals surface area contributed by atoms with E-state index >= 15 is 0 Å². The van der Waals surface area contributed by atoms with Gasteiger partial charge in [-0.3, -0.25) is 14.4 Å². The van der Waals surface area contributed by atoms with Gasteiger partial charge in [-0.05, 0) is 61.6 Å². The third-order valence-corrected chi connectivity index (χ3v) is 7.12. The number of hydrogen-bond donors (Lipinski definition) is 1. The van der Waals surface area contributed by atoms with Crippen LogP contribution in [0.1, 0.15) is 84.6 Å². The van der Waals surface area contributed by atoms with Gasteiger partial charge in [-0.2, -0.15) is 0 Å². The van der Waals surface area contributed by atoms with E-state index in [0.717, 1.165) is 55.3 Å². The van der Waals surface area contributed by atoms with E-state index in [0.29, 0.717) is 12.5 Å². The number of nitrogens with one attached hydrogen (secondary N) is 1. The molecule has 1 unspecified atom stereocenters. The van der Waals surface area contributed by atoms with Crippen molar-refractivity contribution in [2.45, 2.75) is 76.8 Å². The van der Waals surface area contributed by atoms with E-state index in [1.807, 2.05) is 34.9 Å². The first-order valence-electron chi connectivity index (χ1n) is 12.2. The number of carbonyl (C=O) groups is 2. The highest BCUT2D eigenvalue weighted by Crippen LogP contribution is 2.27. The van der Waals surface area contributed by atoms with Gasteiger partial charge in [0, 0.05) is 12.2 Å². The maximum atomic E-state index is 13.6. The number of fused-ring (bicyclic) bond motifs is 1. The zero-order chi connectivity index (χ0) is 23.2. The lowest BCUT2D eigenvalue weighted by Gasteiger charge is -2.27. The summed E-state index contributed by atoms with van der Waals surface area (Å²) in [6.07, 6.45) is 9.95. The molecule has 0 bridgehead atoms. The first kappa shape index (κ1) is 23.3. The van der Waals surface area contributed by atoms with Crippen molar-refractivity contribution in [1.82, 2.24) is 9.88 Å². The minimum absolute atomic E-state index is 0.00740. The fourth-order valence-corrected chi connectivity index (χ4v) is 5.29. The zero-order valence-electron chi connectivity index (χ0n) is 19.5. The maximum absolute atomic E-state index is 13.6. The van der Waals surface area contributed by atoms with Crippen molar-refractivity contribution in [2.75, 3.05) is 7.11 Å². The number of esters is 1. The predicted molar refractivity (Wildman–Crippen MR) is 127 cm³/mol. The molecule has 6 nitrogen and oxygen atoms in total. The van der Waals surface area contributed by atoms with E-state index in [4.69, 9.17) is 4.74 Å². The quantitative estimate of drug-likeness (QED) is 0.637. The SMILES string of the molecule is COC(=O)CC(NC(=O)c1cc2c(n(CC3CCCCC3)c1=O)CCCC2)c1ccccc1. The van der Waals surface area contributed by atoms with Crippen molar-refractivity contribution in [3.8, 4) is 0 Å². The minimum atomic E-state index is -0.562. The van der Waals surface area contributed by atoms with Gasteiger partial charge in [0.1, 0.15) is 5.56 Å². The van der Waals surface area contributed by atoms with E-state index in [1.165, 1.54) is 26.4 Å². The van der Waals surface area contributed by atoms with Crippen LogP contribution in [-0.4, -0.2) is 23.6 Å². The summed E-state index contributed by atoms with van der Waals surface area (Å²) in [5.74, 6) is -0.343. The van der Waals surface area contributed by atoms with Crippen molar-refractivity contribution in [3.63, 3.8) is 0 Å². The van der Waals surface area contributed by atoms with Crippen LogP contribution in [-0.2, 0) is 28.9 Å². The summed E-state index contributed by atoms with van der Waals surface area (Å²) in [5, 5.41) is 2.94. The Morgan fingerprint density at radius 1 is 1.06 bits per heavy atom. The minimum Gasteiger partial charge on any atom is -0.469 e. The monoisotopic (exact) mass is 450 g/mol. The molecule has 1 atom stereocenters. The molecule has 33 heavy (non-hydrogen) atoms. The molecule has 0 aliphatic heterocycles. The third kappa shape index (κ3) is 5.55. The summed E-state index contributed by atoms with van der Waals surface area (Å²) < 4.78 is 6.74. The van der Waals surface area contributed by atoms with E-state index in [2.05, 4.69) is 5.32 Å². The predicted octanol–water partition coefficient (Wildman–Crippen LogP) is 4.34. The Hall–Kier alpha value is -2.89. The summed E-state index contributed by atoms with van der Waals surface area (Å²) in [5.41, 5.74) is 3.01. The van der Waals surface area contributed by atoms with Crippen LogP contribution >= 0.6 is 0 Å². The number of hydrogen-bond acceptors (Lipinski definition) is 4. The van der Waals surface area contributed by atoms with E-state index in [-0.39, 0.29) is 17.5 Å². The number of ether oxygens (including phenoxy) is 1. The zero-order valence-corrected chi connectivity index (χ0v) is 19.5. The van der Waals surface area contributed by atoms with Crippen LogP contribution in [0, 0.1) is 5.92 Å². The Labute approximate surface area is 195 Å². The highest BCUT2D eigenvalue weighted by molar-refractivity contribution is 5.94. The summed E-state index contributed by atoms with van der Waals surface area (Å²) >= 11 is 0. The van der Waals surface area contributed by atoms with Crippen molar-refractivity contribution in [3.05, 3.63) is 69.1 Å². The third-order valence-electron chi connectivity index (χ3n) is 7.12. The van der Waals surface area contributed by atoms with Crippen molar-refractivity contribution in [1.29, 1.82) is 0 Å². The number of carbonyl (C=O) groups excluding carboxylic acids is 2. The van der Waals surface area contributed by atoms with E-state index < -0.39 is 17.9 Å². The number of amides is 1. The Balaban J connectivity index is 1.65. The average molecular weight is 451 g/mol. The second-order valence-electron chi connectivity index (χ2n) is 9.37. The Morgan fingerprint density at radius 3 is 2.52 bits per heavy atom. The molecule has 1 N–H and O–H groups in total. The molecule has 2 aliphatic rings. The van der Waals surface area contributed by atoms with Gasteiger partial charge in [-0.25, -0.2) is 0 Å². The van der Waals surface area contributed by atoms with E-state index in [9.17, 15) is 14.4 Å². The standard InChI is InChI=1S/C27H34N2O4/c1-33-25(30)17-23(20-12-6-3-7-13-20)28-26(31)22-16-21-14-8-9-15-24(21)29(27(22)32)18-19-10-4-2-5-11-19/h3,6-7,12-13,16,19,23H,2,4-5,8-11,14-15,17-18H2,1H3,(H,28,31).